The van der Waals surface area contributed by atoms with Crippen molar-refractivity contribution in [3.63, 3.8) is 0 Å². The summed E-state index contributed by atoms with van der Waals surface area (Å²) in [5.41, 5.74) is 0.0985. The fourth-order valence-corrected chi connectivity index (χ4v) is 4.54. The summed E-state index contributed by atoms with van der Waals surface area (Å²) in [6, 6.07) is 0. The molecular weight excluding hydrogens is 300 g/mol. The lowest BCUT2D eigenvalue weighted by molar-refractivity contribution is -0.134. The third-order valence-electron chi connectivity index (χ3n) is 4.48. The van der Waals surface area contributed by atoms with Gasteiger partial charge in [0.15, 0.2) is 14.6 Å². The van der Waals surface area contributed by atoms with E-state index in [0.29, 0.717) is 39.0 Å². The van der Waals surface area contributed by atoms with E-state index < -0.39 is 14.6 Å². The molecule has 7 heteroatoms. The van der Waals surface area contributed by atoms with Gasteiger partial charge in [0.1, 0.15) is 0 Å². The van der Waals surface area contributed by atoms with Crippen LogP contribution in [-0.4, -0.2) is 56.4 Å². The van der Waals surface area contributed by atoms with Gasteiger partial charge in [-0.3, -0.25) is 4.79 Å². The van der Waals surface area contributed by atoms with Crippen molar-refractivity contribution in [3.05, 3.63) is 0 Å². The number of nitrogens with one attached hydrogen (secondary N) is 1. The van der Waals surface area contributed by atoms with Gasteiger partial charge < -0.3 is 10.2 Å². The lowest BCUT2D eigenvalue weighted by atomic mass is 9.92. The van der Waals surface area contributed by atoms with Crippen LogP contribution in [0.1, 0.15) is 33.1 Å². The van der Waals surface area contributed by atoms with Gasteiger partial charge in [-0.2, -0.15) is 0 Å². The highest BCUT2D eigenvalue weighted by Crippen LogP contribution is 2.35. The molecule has 2 aliphatic rings. The Kier molecular flexibility index (Phi) is 5.15. The summed E-state index contributed by atoms with van der Waals surface area (Å²) in [6.45, 7) is 6.77. The van der Waals surface area contributed by atoms with Gasteiger partial charge in [-0.25, -0.2) is 8.42 Å². The van der Waals surface area contributed by atoms with Crippen molar-refractivity contribution in [3.8, 4) is 0 Å². The summed E-state index contributed by atoms with van der Waals surface area (Å²) in [4.78, 5) is 14.5. The molecule has 0 unspecified atom stereocenters. The molecule has 20 heavy (non-hydrogen) atoms. The number of sulfone groups is 1. The van der Waals surface area contributed by atoms with E-state index in [9.17, 15) is 13.2 Å². The first-order valence-electron chi connectivity index (χ1n) is 6.88. The molecule has 1 amide bonds. The fraction of sp³-hybridized carbons (Fsp3) is 0.923. The Labute approximate surface area is 127 Å². The van der Waals surface area contributed by atoms with Gasteiger partial charge in [-0.15, -0.1) is 12.4 Å². The number of halogens is 1. The van der Waals surface area contributed by atoms with Gasteiger partial charge in [-0.05, 0) is 37.8 Å². The van der Waals surface area contributed by atoms with Crippen LogP contribution in [0.3, 0.4) is 0 Å². The SMILES string of the molecule is CC1(C)CCN(C(=O)C2(S(C)(=O)=O)CCNCC2)C1.Cl. The minimum Gasteiger partial charge on any atom is -0.341 e. The molecule has 0 radical (unpaired) electrons. The molecule has 0 aliphatic carbocycles. The zero-order valence-corrected chi connectivity index (χ0v) is 14.1. The fourth-order valence-electron chi connectivity index (χ4n) is 3.15. The summed E-state index contributed by atoms with van der Waals surface area (Å²) in [5, 5.41) is 3.14. The van der Waals surface area contributed by atoms with E-state index in [1.54, 1.807) is 4.90 Å². The molecule has 2 heterocycles. The largest absolute Gasteiger partial charge is 0.341 e. The molecule has 0 bridgehead atoms. The normalized spacial score (nSPS) is 25.1. The lowest BCUT2D eigenvalue weighted by Crippen LogP contribution is -2.58. The van der Waals surface area contributed by atoms with Crippen LogP contribution in [-0.2, 0) is 14.6 Å². The van der Waals surface area contributed by atoms with Crippen molar-refractivity contribution in [1.82, 2.24) is 10.2 Å². The number of carbonyl (C=O) groups excluding carboxylic acids is 1. The van der Waals surface area contributed by atoms with Crippen molar-refractivity contribution in [2.45, 2.75) is 37.9 Å². The molecular formula is C13H25ClN2O3S. The zero-order chi connectivity index (χ0) is 14.3. The van der Waals surface area contributed by atoms with Crippen LogP contribution in [0.5, 0.6) is 0 Å². The number of rotatable bonds is 2. The van der Waals surface area contributed by atoms with Gasteiger partial charge >= 0.3 is 0 Å². The summed E-state index contributed by atoms with van der Waals surface area (Å²) in [6.07, 6.45) is 2.93. The average Bonchev–Trinajstić information content (AvgIpc) is 2.68. The van der Waals surface area contributed by atoms with Gasteiger partial charge in [-0.1, -0.05) is 13.8 Å². The smallest absolute Gasteiger partial charge is 0.244 e. The molecule has 0 spiro atoms. The maximum absolute atomic E-state index is 12.8. The highest BCUT2D eigenvalue weighted by Gasteiger charge is 2.51. The topological polar surface area (TPSA) is 66.5 Å². The molecule has 0 aromatic heterocycles. The van der Waals surface area contributed by atoms with Crippen LogP contribution in [0.2, 0.25) is 0 Å². The van der Waals surface area contributed by atoms with Gasteiger partial charge in [0.2, 0.25) is 5.91 Å². The second-order valence-electron chi connectivity index (χ2n) is 6.66. The van der Waals surface area contributed by atoms with Crippen molar-refractivity contribution in [2.75, 3.05) is 32.4 Å². The molecule has 2 rings (SSSR count). The molecule has 2 fully saturated rings. The monoisotopic (exact) mass is 324 g/mol. The van der Waals surface area contributed by atoms with Crippen LogP contribution in [0, 0.1) is 5.41 Å². The third-order valence-corrected chi connectivity index (χ3v) is 6.48. The first kappa shape index (κ1) is 17.7. The Morgan fingerprint density at radius 1 is 1.15 bits per heavy atom. The lowest BCUT2D eigenvalue weighted by Gasteiger charge is -2.37. The Hall–Kier alpha value is -0.330. The van der Waals surface area contributed by atoms with Crippen molar-refractivity contribution in [1.29, 1.82) is 0 Å². The zero-order valence-electron chi connectivity index (χ0n) is 12.4. The van der Waals surface area contributed by atoms with Gasteiger partial charge in [0.25, 0.3) is 0 Å². The first-order chi connectivity index (χ1) is 8.68. The number of amides is 1. The summed E-state index contributed by atoms with van der Waals surface area (Å²) >= 11 is 0. The van der Waals surface area contributed by atoms with Crippen LogP contribution >= 0.6 is 12.4 Å². The molecule has 0 aromatic rings. The van der Waals surface area contributed by atoms with Crippen molar-refractivity contribution in [2.24, 2.45) is 5.41 Å². The number of piperidine rings is 1. The molecule has 2 aliphatic heterocycles. The summed E-state index contributed by atoms with van der Waals surface area (Å²) in [7, 11) is -3.39. The van der Waals surface area contributed by atoms with Crippen LogP contribution < -0.4 is 5.32 Å². The predicted octanol–water partition coefficient (Wildman–Crippen LogP) is 0.833. The number of nitrogens with zero attached hydrogens (tertiary/aromatic N) is 1. The van der Waals surface area contributed by atoms with E-state index >= 15 is 0 Å². The summed E-state index contributed by atoms with van der Waals surface area (Å²) < 4.78 is 23.2. The van der Waals surface area contributed by atoms with Crippen LogP contribution in [0.15, 0.2) is 0 Å². The minimum atomic E-state index is -3.39. The second kappa shape index (κ2) is 5.81. The van der Waals surface area contributed by atoms with E-state index in [1.807, 2.05) is 0 Å². The molecule has 0 atom stereocenters. The highest BCUT2D eigenvalue weighted by molar-refractivity contribution is 7.92. The molecule has 1 N–H and O–H groups in total. The Morgan fingerprint density at radius 3 is 2.10 bits per heavy atom. The minimum absolute atomic E-state index is 0. The second-order valence-corrected chi connectivity index (χ2v) is 8.98. The quantitative estimate of drug-likeness (QED) is 0.817. The van der Waals surface area contributed by atoms with Crippen LogP contribution in [0.25, 0.3) is 0 Å². The van der Waals surface area contributed by atoms with E-state index in [4.69, 9.17) is 0 Å². The Balaban J connectivity index is 0.00000200. The van der Waals surface area contributed by atoms with Crippen LogP contribution in [0.4, 0.5) is 0 Å². The number of carbonyl (C=O) groups is 1. The number of likely N-dealkylation sites (tertiary alicyclic amines) is 1. The number of hydrogen-bond acceptors (Lipinski definition) is 4. The maximum Gasteiger partial charge on any atom is 0.244 e. The highest BCUT2D eigenvalue weighted by atomic mass is 35.5. The van der Waals surface area contributed by atoms with Crippen molar-refractivity contribution >= 4 is 28.2 Å². The Bertz CT molecular complexity index is 470. The average molecular weight is 325 g/mol. The van der Waals surface area contributed by atoms with E-state index in [-0.39, 0.29) is 23.7 Å². The van der Waals surface area contributed by atoms with Gasteiger partial charge in [0.05, 0.1) is 0 Å². The first-order valence-corrected chi connectivity index (χ1v) is 8.77. The van der Waals surface area contributed by atoms with E-state index in [0.717, 1.165) is 6.42 Å². The molecule has 0 aromatic carbocycles. The third kappa shape index (κ3) is 3.12. The standard InChI is InChI=1S/C13H24N2O3S.ClH/c1-12(2)6-9-15(10-12)11(16)13(19(3,17)18)4-7-14-8-5-13;/h14H,4-10H2,1-3H3;1H. The molecule has 5 nitrogen and oxygen atoms in total. The van der Waals surface area contributed by atoms with Crippen molar-refractivity contribution < 1.29 is 13.2 Å². The predicted molar refractivity (Wildman–Crippen MR) is 81.9 cm³/mol. The van der Waals surface area contributed by atoms with E-state index in [2.05, 4.69) is 19.2 Å². The maximum atomic E-state index is 12.8. The molecule has 118 valence electrons. The summed E-state index contributed by atoms with van der Waals surface area (Å²) in [5.74, 6) is -0.179. The van der Waals surface area contributed by atoms with Gasteiger partial charge in [0, 0.05) is 19.3 Å². The molecule has 2 saturated heterocycles. The number of hydrogen-bond donors (Lipinski definition) is 1. The molecule has 0 saturated carbocycles. The van der Waals surface area contributed by atoms with E-state index in [1.165, 1.54) is 6.26 Å². The Morgan fingerprint density at radius 2 is 1.70 bits per heavy atom.